The highest BCUT2D eigenvalue weighted by molar-refractivity contribution is 6.83. The van der Waals surface area contributed by atoms with Gasteiger partial charge in [0.2, 0.25) is 5.82 Å². The average molecular weight is 664 g/mol. The highest BCUT2D eigenvalue weighted by Gasteiger charge is 2.50. The van der Waals surface area contributed by atoms with E-state index < -0.39 is 44.6 Å². The van der Waals surface area contributed by atoms with Crippen LogP contribution in [0.25, 0.3) is 11.2 Å². The molecule has 1 aliphatic rings. The maximum atomic E-state index is 16.5. The molecule has 0 saturated carbocycles. The van der Waals surface area contributed by atoms with E-state index in [1.165, 1.54) is 10.9 Å². The summed E-state index contributed by atoms with van der Waals surface area (Å²) in [7, 11) is -1.79. The number of alkyl halides is 1. The predicted molar refractivity (Wildman–Crippen MR) is 180 cm³/mol. The Kier molecular flexibility index (Phi) is 9.61. The van der Waals surface area contributed by atoms with Crippen LogP contribution in [0.5, 0.6) is 0 Å². The van der Waals surface area contributed by atoms with Crippen molar-refractivity contribution in [2.45, 2.75) is 50.8 Å². The van der Waals surface area contributed by atoms with Crippen LogP contribution in [-0.4, -0.2) is 64.5 Å². The number of hydrogen-bond acceptors (Lipinski definition) is 9. The molecule has 1 aliphatic heterocycles. The van der Waals surface area contributed by atoms with Crippen molar-refractivity contribution < 1.29 is 28.2 Å². The minimum atomic E-state index is -1.87. The lowest BCUT2D eigenvalue weighted by molar-refractivity contribution is -0.0570. The molecule has 3 aromatic carbocycles. The highest BCUT2D eigenvalue weighted by atomic mass is 28.3. The van der Waals surface area contributed by atoms with Crippen molar-refractivity contribution in [2.24, 2.45) is 0 Å². The van der Waals surface area contributed by atoms with Gasteiger partial charge in [-0.3, -0.25) is 4.57 Å². The van der Waals surface area contributed by atoms with E-state index in [2.05, 4.69) is 51.4 Å². The first-order valence-electron chi connectivity index (χ1n) is 15.5. The van der Waals surface area contributed by atoms with Gasteiger partial charge in [-0.05, 0) is 35.7 Å². The van der Waals surface area contributed by atoms with Crippen LogP contribution in [0.3, 0.4) is 0 Å². The summed E-state index contributed by atoms with van der Waals surface area (Å²) in [5.74, 6) is 2.41. The molecule has 1 saturated heterocycles. The van der Waals surface area contributed by atoms with Crippen molar-refractivity contribution in [3.05, 3.63) is 120 Å². The van der Waals surface area contributed by atoms with Gasteiger partial charge in [-0.25, -0.2) is 28.9 Å². The Labute approximate surface area is 278 Å². The van der Waals surface area contributed by atoms with E-state index in [1.54, 1.807) is 60.7 Å². The molecule has 0 aliphatic carbocycles. The number of carbonyl (C=O) groups is 2. The summed E-state index contributed by atoms with van der Waals surface area (Å²) < 4.78 is 35.3. The number of carbonyl (C=O) groups excluding carboxylic acids is 2. The zero-order valence-electron chi connectivity index (χ0n) is 26.7. The molecule has 0 bridgehead atoms. The molecule has 48 heavy (non-hydrogen) atoms. The lowest BCUT2D eigenvalue weighted by Gasteiger charge is -2.19. The number of halogens is 1. The average Bonchev–Trinajstić information content (AvgIpc) is 3.66. The van der Waals surface area contributed by atoms with Crippen molar-refractivity contribution in [1.29, 1.82) is 0 Å². The first-order valence-corrected chi connectivity index (χ1v) is 19.0. The van der Waals surface area contributed by atoms with Crippen LogP contribution in [-0.2, 0) is 20.8 Å². The number of fused-ring (bicyclic) bond motifs is 1. The second-order valence-electron chi connectivity index (χ2n) is 12.3. The Balaban J connectivity index is 1.33. The van der Waals surface area contributed by atoms with Crippen molar-refractivity contribution in [1.82, 2.24) is 19.5 Å². The number of esters is 2. The third-order valence-corrected chi connectivity index (χ3v) is 8.33. The molecule has 1 fully saturated rings. The number of aromatic nitrogens is 4. The van der Waals surface area contributed by atoms with E-state index in [-0.39, 0.29) is 23.6 Å². The van der Waals surface area contributed by atoms with Gasteiger partial charge in [-0.2, -0.15) is 0 Å². The predicted octanol–water partition coefficient (Wildman–Crippen LogP) is 5.99. The standard InChI is InChI=1S/C36H34FN5O5Si/c1-48(2,3)20-19-28-40-32(38-21-24-13-7-4-8-14-24)30-33(41-28)42(23-39-30)34-29(37)31(47-36(44)26-17-11-6-12-18-26)27(46-34)22-45-35(43)25-15-9-5-10-16-25/h4-18,23,27,29,31,34H,21-22H2,1-3H3,(H,38,40,41)/t27-,29+,31-,34-/m1/s1. The van der Waals surface area contributed by atoms with Crippen molar-refractivity contribution in [3.63, 3.8) is 0 Å². The van der Waals surface area contributed by atoms with Gasteiger partial charge in [0, 0.05) is 6.54 Å². The van der Waals surface area contributed by atoms with E-state index >= 15 is 4.39 Å². The Morgan fingerprint density at radius 2 is 1.54 bits per heavy atom. The lowest BCUT2D eigenvalue weighted by atomic mass is 10.1. The Hall–Kier alpha value is -5.38. The molecule has 1 N–H and O–H groups in total. The monoisotopic (exact) mass is 663 g/mol. The second-order valence-corrected chi connectivity index (χ2v) is 17.0. The summed E-state index contributed by atoms with van der Waals surface area (Å²) in [6.07, 6.45) is -4.32. The zero-order chi connectivity index (χ0) is 33.7. The molecule has 2 aromatic heterocycles. The number of imidazole rings is 1. The summed E-state index contributed by atoms with van der Waals surface area (Å²) in [6.45, 7) is 6.42. The van der Waals surface area contributed by atoms with Gasteiger partial charge in [0.1, 0.15) is 20.8 Å². The Morgan fingerprint density at radius 1 is 0.917 bits per heavy atom. The second kappa shape index (κ2) is 14.2. The van der Waals surface area contributed by atoms with Crippen LogP contribution >= 0.6 is 0 Å². The van der Waals surface area contributed by atoms with Gasteiger partial charge in [0.05, 0.1) is 17.5 Å². The van der Waals surface area contributed by atoms with E-state index in [0.29, 0.717) is 23.4 Å². The molecule has 5 aromatic rings. The van der Waals surface area contributed by atoms with Gasteiger partial charge in [0.15, 0.2) is 35.5 Å². The van der Waals surface area contributed by atoms with Gasteiger partial charge in [-0.1, -0.05) is 86.4 Å². The normalized spacial score (nSPS) is 18.9. The van der Waals surface area contributed by atoms with Crippen LogP contribution in [0.15, 0.2) is 97.3 Å². The quantitative estimate of drug-likeness (QED) is 0.115. The molecule has 12 heteroatoms. The van der Waals surface area contributed by atoms with E-state index in [4.69, 9.17) is 14.2 Å². The molecule has 6 rings (SSSR count). The number of anilines is 1. The van der Waals surface area contributed by atoms with Crippen molar-refractivity contribution in [2.75, 3.05) is 11.9 Å². The van der Waals surface area contributed by atoms with Crippen LogP contribution in [0.2, 0.25) is 19.6 Å². The highest BCUT2D eigenvalue weighted by Crippen LogP contribution is 2.37. The van der Waals surface area contributed by atoms with Crippen LogP contribution in [0, 0.1) is 11.5 Å². The smallest absolute Gasteiger partial charge is 0.338 e. The molecule has 0 unspecified atom stereocenters. The lowest BCUT2D eigenvalue weighted by Crippen LogP contribution is -2.37. The third-order valence-electron chi connectivity index (χ3n) is 7.46. The fraction of sp³-hybridized carbons (Fsp3) is 0.250. The van der Waals surface area contributed by atoms with Crippen LogP contribution in [0.1, 0.15) is 38.3 Å². The third kappa shape index (κ3) is 7.59. The SMILES string of the molecule is C[Si](C)(C)C#Cc1nc(NCc2ccccc2)c2ncn([C@@H]3O[C@H](COC(=O)c4ccccc4)[C@@H](OC(=O)c4ccccc4)[C@@H]3F)c2n1. The molecular formula is C36H34FN5O5Si. The molecule has 0 radical (unpaired) electrons. The number of rotatable bonds is 9. The Bertz CT molecular complexity index is 1960. The van der Waals surface area contributed by atoms with Gasteiger partial charge < -0.3 is 19.5 Å². The first kappa shape index (κ1) is 32.6. The molecule has 244 valence electrons. The molecule has 0 spiro atoms. The minimum Gasteiger partial charge on any atom is -0.459 e. The summed E-state index contributed by atoms with van der Waals surface area (Å²) in [5, 5.41) is 3.32. The van der Waals surface area contributed by atoms with Crippen molar-refractivity contribution >= 4 is 37.0 Å². The first-order chi connectivity index (χ1) is 23.2. The topological polar surface area (TPSA) is 117 Å². The minimum absolute atomic E-state index is 0.244. The van der Waals surface area contributed by atoms with Gasteiger partial charge >= 0.3 is 11.9 Å². The number of nitrogens with zero attached hydrogens (tertiary/aromatic N) is 4. The van der Waals surface area contributed by atoms with E-state index in [0.717, 1.165) is 5.56 Å². The van der Waals surface area contributed by atoms with Crippen molar-refractivity contribution in [3.8, 4) is 11.5 Å². The fourth-order valence-corrected chi connectivity index (χ4v) is 5.57. The van der Waals surface area contributed by atoms with Gasteiger partial charge in [0.25, 0.3) is 0 Å². The molecule has 0 amide bonds. The molecule has 10 nitrogen and oxygen atoms in total. The molecule has 3 heterocycles. The number of hydrogen-bond donors (Lipinski definition) is 1. The maximum Gasteiger partial charge on any atom is 0.338 e. The number of nitrogens with one attached hydrogen (secondary N) is 1. The summed E-state index contributed by atoms with van der Waals surface area (Å²) in [5.41, 5.74) is 5.54. The maximum absolute atomic E-state index is 16.5. The number of ether oxygens (including phenoxy) is 3. The van der Waals surface area contributed by atoms with Crippen LogP contribution in [0.4, 0.5) is 10.2 Å². The van der Waals surface area contributed by atoms with Gasteiger partial charge in [-0.15, -0.1) is 5.54 Å². The molecule has 4 atom stereocenters. The van der Waals surface area contributed by atoms with E-state index in [9.17, 15) is 9.59 Å². The molecular weight excluding hydrogens is 630 g/mol. The largest absolute Gasteiger partial charge is 0.459 e. The number of benzene rings is 3. The fourth-order valence-electron chi connectivity index (χ4n) is 5.08. The van der Waals surface area contributed by atoms with Crippen LogP contribution < -0.4 is 5.32 Å². The summed E-state index contributed by atoms with van der Waals surface area (Å²) in [4.78, 5) is 39.7. The summed E-state index contributed by atoms with van der Waals surface area (Å²) >= 11 is 0. The van der Waals surface area contributed by atoms with E-state index in [1.807, 2.05) is 30.3 Å². The summed E-state index contributed by atoms with van der Waals surface area (Å²) in [6, 6.07) is 26.5. The zero-order valence-corrected chi connectivity index (χ0v) is 27.7. The Morgan fingerprint density at radius 3 is 2.19 bits per heavy atom.